The third-order valence-electron chi connectivity index (χ3n) is 6.84. The number of aromatic nitrogens is 3. The van der Waals surface area contributed by atoms with Crippen LogP contribution in [0.5, 0.6) is 6.01 Å². The van der Waals surface area contributed by atoms with Gasteiger partial charge in [0.2, 0.25) is 0 Å². The van der Waals surface area contributed by atoms with Crippen molar-refractivity contribution in [3.8, 4) is 17.3 Å². The van der Waals surface area contributed by atoms with Crippen LogP contribution < -0.4 is 21.1 Å². The van der Waals surface area contributed by atoms with E-state index >= 15 is 4.39 Å². The summed E-state index contributed by atoms with van der Waals surface area (Å²) in [5.41, 5.74) is 3.82. The molecule has 0 bridgehead atoms. The van der Waals surface area contributed by atoms with Gasteiger partial charge in [-0.3, -0.25) is 4.99 Å². The lowest BCUT2D eigenvalue weighted by Crippen LogP contribution is -2.26. The van der Waals surface area contributed by atoms with Crippen molar-refractivity contribution in [2.24, 2.45) is 4.99 Å². The van der Waals surface area contributed by atoms with Crippen molar-refractivity contribution in [3.05, 3.63) is 34.5 Å². The molecule has 2 aromatic heterocycles. The summed E-state index contributed by atoms with van der Waals surface area (Å²) in [6.07, 6.45) is 4.42. The average Bonchev–Trinajstić information content (AvgIpc) is 3.08. The van der Waals surface area contributed by atoms with Gasteiger partial charge in [0.1, 0.15) is 29.0 Å². The minimum absolute atomic E-state index is 0.124. The summed E-state index contributed by atoms with van der Waals surface area (Å²) in [6, 6.07) is 0.854. The smallest absolute Gasteiger partial charge is 0.318 e. The Bertz CT molecular complexity index is 1400. The van der Waals surface area contributed by atoms with Crippen molar-refractivity contribution < 1.29 is 26.7 Å². The Labute approximate surface area is 290 Å². The third kappa shape index (κ3) is 13.7. The highest BCUT2D eigenvalue weighted by atomic mass is 19.3. The Hall–Kier alpha value is -3.61. The minimum Gasteiger partial charge on any atom is -0.467 e. The van der Waals surface area contributed by atoms with E-state index in [1.807, 2.05) is 34.6 Å². The number of rotatable bonds is 8. The number of anilines is 2. The third-order valence-corrected chi connectivity index (χ3v) is 6.84. The van der Waals surface area contributed by atoms with Crippen molar-refractivity contribution >= 4 is 28.6 Å². The topological polar surface area (TPSA) is 110 Å². The van der Waals surface area contributed by atoms with Gasteiger partial charge in [0, 0.05) is 30.9 Å². The highest BCUT2D eigenvalue weighted by Gasteiger charge is 2.28. The molecule has 0 amide bonds. The average molecular weight is 700 g/mol. The molecule has 3 heterocycles. The van der Waals surface area contributed by atoms with Crippen molar-refractivity contribution in [2.45, 2.75) is 113 Å². The molecule has 1 atom stereocenters. The number of methoxy groups -OCH3 is 1. The number of aryl methyl sites for hydroxylation is 1. The molecule has 8 nitrogen and oxygen atoms in total. The first-order valence-electron chi connectivity index (χ1n) is 17.4. The van der Waals surface area contributed by atoms with Crippen LogP contribution in [-0.2, 0) is 6.42 Å². The molecule has 13 heteroatoms. The summed E-state index contributed by atoms with van der Waals surface area (Å²) in [5, 5.41) is 6.39. The quantitative estimate of drug-likeness (QED) is 0.122. The number of alkyl halides is 3. The lowest BCUT2D eigenvalue weighted by molar-refractivity contribution is 0.150. The van der Waals surface area contributed by atoms with Gasteiger partial charge in [0.05, 0.1) is 30.4 Å². The minimum atomic E-state index is -3.08. The molecule has 278 valence electrons. The van der Waals surface area contributed by atoms with E-state index in [2.05, 4.69) is 44.4 Å². The molecule has 1 aliphatic rings. The summed E-state index contributed by atoms with van der Waals surface area (Å²) in [6.45, 7) is 17.2. The summed E-state index contributed by atoms with van der Waals surface area (Å²) in [5.74, 6) is -1.68. The first-order valence-corrected chi connectivity index (χ1v) is 17.4. The number of halogens is 5. The maximum Gasteiger partial charge on any atom is 0.318 e. The first kappa shape index (κ1) is 45.4. The number of nitrogens with one attached hydrogen (secondary N) is 2. The SMILES string of the molecule is CC.CC.CCC.CCCc1nc(-c2cc(N)c(F)c(C)c2C(F)F)c(F)c2nc(OC)nc(NCC=NC)c12.FC1CCCCCNC1. The lowest BCUT2D eigenvalue weighted by Gasteiger charge is -2.18. The van der Waals surface area contributed by atoms with E-state index in [-0.39, 0.29) is 34.2 Å². The molecule has 1 aliphatic heterocycles. The highest BCUT2D eigenvalue weighted by Crippen LogP contribution is 2.40. The van der Waals surface area contributed by atoms with Crippen LogP contribution in [0.2, 0.25) is 0 Å². The number of benzene rings is 1. The molecule has 0 saturated carbocycles. The van der Waals surface area contributed by atoms with Crippen molar-refractivity contribution in [3.63, 3.8) is 0 Å². The number of nitrogens with zero attached hydrogens (tertiary/aromatic N) is 4. The normalized spacial score (nSPS) is 14.2. The van der Waals surface area contributed by atoms with E-state index in [0.717, 1.165) is 25.5 Å². The van der Waals surface area contributed by atoms with E-state index in [1.165, 1.54) is 33.3 Å². The van der Waals surface area contributed by atoms with Gasteiger partial charge in [-0.1, -0.05) is 74.1 Å². The Morgan fingerprint density at radius 2 is 1.71 bits per heavy atom. The maximum absolute atomic E-state index is 15.8. The molecule has 1 aromatic carbocycles. The summed E-state index contributed by atoms with van der Waals surface area (Å²) < 4.78 is 75.6. The molecular formula is C36H58F5N7O. The van der Waals surface area contributed by atoms with E-state index in [1.54, 1.807) is 13.3 Å². The second-order valence-electron chi connectivity index (χ2n) is 10.6. The molecule has 1 unspecified atom stereocenters. The van der Waals surface area contributed by atoms with Gasteiger partial charge >= 0.3 is 6.01 Å². The van der Waals surface area contributed by atoms with Crippen molar-refractivity contribution in [2.75, 3.05) is 44.8 Å². The molecule has 0 aliphatic carbocycles. The summed E-state index contributed by atoms with van der Waals surface area (Å²) in [4.78, 5) is 16.7. The number of ether oxygens (including phenoxy) is 1. The number of hydrogen-bond acceptors (Lipinski definition) is 8. The maximum atomic E-state index is 15.8. The Kier molecular flexibility index (Phi) is 23.5. The fourth-order valence-electron chi connectivity index (χ4n) is 4.74. The van der Waals surface area contributed by atoms with Crippen LogP contribution in [0.1, 0.15) is 110 Å². The van der Waals surface area contributed by atoms with E-state index < -0.39 is 35.5 Å². The van der Waals surface area contributed by atoms with Crippen LogP contribution in [0.15, 0.2) is 11.1 Å². The monoisotopic (exact) mass is 699 g/mol. The van der Waals surface area contributed by atoms with Gasteiger partial charge in [0.25, 0.3) is 6.43 Å². The van der Waals surface area contributed by atoms with Crippen LogP contribution in [0, 0.1) is 18.6 Å². The Morgan fingerprint density at radius 1 is 1.06 bits per heavy atom. The Balaban J connectivity index is 0.00000120. The molecule has 3 aromatic rings. The molecule has 1 saturated heterocycles. The predicted molar refractivity (Wildman–Crippen MR) is 195 cm³/mol. The van der Waals surface area contributed by atoms with Gasteiger partial charge in [-0.05, 0) is 44.4 Å². The van der Waals surface area contributed by atoms with Crippen molar-refractivity contribution in [1.29, 1.82) is 0 Å². The zero-order chi connectivity index (χ0) is 37.5. The number of pyridine rings is 1. The number of nitrogen functional groups attached to an aromatic ring is 1. The van der Waals surface area contributed by atoms with Gasteiger partial charge in [-0.25, -0.2) is 26.9 Å². The molecule has 0 spiro atoms. The number of hydrogen-bond donors (Lipinski definition) is 3. The molecule has 4 N–H and O–H groups in total. The van der Waals surface area contributed by atoms with Crippen LogP contribution in [0.3, 0.4) is 0 Å². The van der Waals surface area contributed by atoms with Crippen molar-refractivity contribution in [1.82, 2.24) is 20.3 Å². The van der Waals surface area contributed by atoms with Crippen LogP contribution >= 0.6 is 0 Å². The molecule has 0 radical (unpaired) electrons. The first-order chi connectivity index (χ1) is 23.6. The zero-order valence-electron chi connectivity index (χ0n) is 31.0. The largest absolute Gasteiger partial charge is 0.467 e. The van der Waals surface area contributed by atoms with Gasteiger partial charge in [-0.2, -0.15) is 9.97 Å². The fraction of sp³-hybridized carbons (Fsp3) is 0.611. The molecule has 49 heavy (non-hydrogen) atoms. The van der Waals surface area contributed by atoms with Gasteiger partial charge in [0.15, 0.2) is 5.82 Å². The second kappa shape index (κ2) is 25.4. The van der Waals surface area contributed by atoms with Gasteiger partial charge in [-0.15, -0.1) is 0 Å². The zero-order valence-corrected chi connectivity index (χ0v) is 31.0. The van der Waals surface area contributed by atoms with E-state index in [0.29, 0.717) is 37.0 Å². The fourth-order valence-corrected chi connectivity index (χ4v) is 4.74. The number of aliphatic imine (C=N–C) groups is 1. The Morgan fingerprint density at radius 3 is 2.29 bits per heavy atom. The van der Waals surface area contributed by atoms with Crippen LogP contribution in [0.25, 0.3) is 22.2 Å². The van der Waals surface area contributed by atoms with Crippen LogP contribution in [0.4, 0.5) is 33.5 Å². The summed E-state index contributed by atoms with van der Waals surface area (Å²) in [7, 11) is 2.93. The summed E-state index contributed by atoms with van der Waals surface area (Å²) >= 11 is 0. The predicted octanol–water partition coefficient (Wildman–Crippen LogP) is 9.83. The van der Waals surface area contributed by atoms with Gasteiger partial charge < -0.3 is 21.1 Å². The standard InChI is InChI=1S/C22H24F4N6O.C7H14FN.C3H8.2C2H6/c1-5-6-13-15-19(31-22(33-4)32-21(15)29-8-7-28-3)17(24)18(30-13)11-9-12(27)16(23)10(2)14(11)20(25)26;8-7-4-2-1-3-5-9-6-7;1-3-2;2*1-2/h7,9,20H,5-6,8,27H2,1-4H3,(H,29,31,32);7,9H,1-6H2;3H2,1-2H3;2*1-2H3. The molecule has 1 fully saturated rings. The second-order valence-corrected chi connectivity index (χ2v) is 10.6. The molecular weight excluding hydrogens is 641 g/mol. The number of fused-ring (bicyclic) bond motifs is 1. The highest BCUT2D eigenvalue weighted by molar-refractivity contribution is 5.95. The van der Waals surface area contributed by atoms with Crippen LogP contribution in [-0.4, -0.2) is 61.1 Å². The van der Waals surface area contributed by atoms with E-state index in [9.17, 15) is 17.6 Å². The van der Waals surface area contributed by atoms with E-state index in [4.69, 9.17) is 10.5 Å². The number of nitrogens with two attached hydrogens (primary N) is 1. The lowest BCUT2D eigenvalue weighted by atomic mass is 9.96. The molecule has 4 rings (SSSR count).